The summed E-state index contributed by atoms with van der Waals surface area (Å²) in [4.78, 5) is 19.1. The Morgan fingerprint density at radius 2 is 1.90 bits per heavy atom. The summed E-state index contributed by atoms with van der Waals surface area (Å²) in [6, 6.07) is 14.1. The van der Waals surface area contributed by atoms with E-state index in [1.807, 2.05) is 32.7 Å². The Hall–Kier alpha value is -4.35. The van der Waals surface area contributed by atoms with Crippen molar-refractivity contribution in [2.75, 3.05) is 41.4 Å². The zero-order chi connectivity index (χ0) is 28.4. The zero-order valence-electron chi connectivity index (χ0n) is 22.5. The quantitative estimate of drug-likeness (QED) is 0.251. The van der Waals surface area contributed by atoms with E-state index >= 15 is 4.39 Å². The highest BCUT2D eigenvalue weighted by Crippen LogP contribution is 2.38. The third-order valence-corrected chi connectivity index (χ3v) is 6.35. The molecule has 1 aliphatic heterocycles. The van der Waals surface area contributed by atoms with E-state index in [4.69, 9.17) is 21.1 Å². The molecule has 2 aromatic heterocycles. The number of ether oxygens (including phenoxy) is 2. The Kier molecular flexibility index (Phi) is 7.51. The summed E-state index contributed by atoms with van der Waals surface area (Å²) in [7, 11) is 1.84. The van der Waals surface area contributed by atoms with Crippen LogP contribution < -0.4 is 25.6 Å². The third kappa shape index (κ3) is 5.95. The summed E-state index contributed by atoms with van der Waals surface area (Å²) >= 11 is 6.04. The second-order valence-corrected chi connectivity index (χ2v) is 10.7. The maximum absolute atomic E-state index is 15.1. The van der Waals surface area contributed by atoms with Crippen LogP contribution in [0.1, 0.15) is 26.5 Å². The van der Waals surface area contributed by atoms with Crippen molar-refractivity contribution in [2.45, 2.75) is 26.2 Å². The lowest BCUT2D eigenvalue weighted by Crippen LogP contribution is -2.22. The molecular formula is C28H29ClFN7O3. The normalized spacial score (nSPS) is 13.2. The van der Waals surface area contributed by atoms with Crippen molar-refractivity contribution in [3.8, 4) is 17.2 Å². The van der Waals surface area contributed by atoms with E-state index in [9.17, 15) is 4.79 Å². The smallest absolute Gasteiger partial charge is 0.324 e. The van der Waals surface area contributed by atoms with E-state index in [2.05, 4.69) is 26.0 Å². The van der Waals surface area contributed by atoms with Gasteiger partial charge in [0.05, 0.1) is 17.1 Å². The molecule has 0 atom stereocenters. The Balaban J connectivity index is 1.33. The van der Waals surface area contributed by atoms with Crippen LogP contribution >= 0.6 is 11.6 Å². The number of carbonyl (C=O) groups is 1. The summed E-state index contributed by atoms with van der Waals surface area (Å²) in [5.74, 6) is 1.09. The van der Waals surface area contributed by atoms with Crippen LogP contribution in [0, 0.1) is 5.82 Å². The topological polar surface area (TPSA) is 106 Å². The van der Waals surface area contributed by atoms with Crippen LogP contribution in [0.15, 0.2) is 60.8 Å². The molecule has 2 amide bonds. The Morgan fingerprint density at radius 3 is 2.62 bits per heavy atom. The number of nitrogens with zero attached hydrogens (tertiary/aromatic N) is 4. The van der Waals surface area contributed by atoms with E-state index in [0.29, 0.717) is 47.2 Å². The van der Waals surface area contributed by atoms with Gasteiger partial charge < -0.3 is 25.0 Å². The molecule has 12 heteroatoms. The van der Waals surface area contributed by atoms with Crippen molar-refractivity contribution in [1.29, 1.82) is 0 Å². The number of aromatic nitrogens is 3. The number of fused-ring (bicyclic) bond motifs is 1. The van der Waals surface area contributed by atoms with E-state index in [-0.39, 0.29) is 16.9 Å². The maximum atomic E-state index is 15.1. The van der Waals surface area contributed by atoms with Crippen molar-refractivity contribution >= 4 is 40.6 Å². The zero-order valence-corrected chi connectivity index (χ0v) is 23.2. The highest BCUT2D eigenvalue weighted by molar-refractivity contribution is 6.30. The molecule has 0 fully saturated rings. The van der Waals surface area contributed by atoms with Crippen LogP contribution in [-0.2, 0) is 10.2 Å². The average Bonchev–Trinajstić information content (AvgIpc) is 3.23. The van der Waals surface area contributed by atoms with Crippen molar-refractivity contribution in [1.82, 2.24) is 14.8 Å². The Labute approximate surface area is 236 Å². The number of nitrogens with one attached hydrogen (secondary N) is 3. The van der Waals surface area contributed by atoms with Gasteiger partial charge in [0.15, 0.2) is 11.6 Å². The molecule has 5 rings (SSSR count). The van der Waals surface area contributed by atoms with Crippen LogP contribution in [0.3, 0.4) is 0 Å². The number of anilines is 4. The lowest BCUT2D eigenvalue weighted by atomic mass is 9.92. The molecule has 40 heavy (non-hydrogen) atoms. The van der Waals surface area contributed by atoms with Gasteiger partial charge in [-0.1, -0.05) is 32.4 Å². The number of urea groups is 1. The van der Waals surface area contributed by atoms with E-state index in [0.717, 1.165) is 5.69 Å². The summed E-state index contributed by atoms with van der Waals surface area (Å²) in [6.45, 7) is 6.72. The van der Waals surface area contributed by atoms with E-state index < -0.39 is 11.8 Å². The van der Waals surface area contributed by atoms with Crippen LogP contribution in [0.2, 0.25) is 5.02 Å². The molecule has 0 saturated heterocycles. The van der Waals surface area contributed by atoms with Crippen molar-refractivity contribution in [3.05, 3.63) is 77.3 Å². The Morgan fingerprint density at radius 1 is 1.12 bits per heavy atom. The first-order valence-corrected chi connectivity index (χ1v) is 12.9. The molecule has 0 radical (unpaired) electrons. The number of carbonyl (C=O) groups excluding carboxylic acids is 1. The number of benzene rings is 2. The predicted molar refractivity (Wildman–Crippen MR) is 153 cm³/mol. The van der Waals surface area contributed by atoms with Gasteiger partial charge in [-0.05, 0) is 36.4 Å². The molecule has 0 aliphatic carbocycles. The van der Waals surface area contributed by atoms with Gasteiger partial charge in [-0.2, -0.15) is 5.10 Å². The molecular weight excluding hydrogens is 537 g/mol. The van der Waals surface area contributed by atoms with Crippen molar-refractivity contribution in [2.24, 2.45) is 0 Å². The standard InChI is InChI=1S/C28H29ClFN7O3/c1-28(2,3)23-14-24(37(35-23)18-7-5-17(29)6-8-18)34-27(38)33-21-10-9-19(13-20(21)30)40-22-11-12-31-26-25(22)36(4)16-39-15-32-26/h5-14H,15-16H2,1-4H3,(H,31,32)(H2,33,34,38). The summed E-state index contributed by atoms with van der Waals surface area (Å²) < 4.78 is 28.1. The van der Waals surface area contributed by atoms with Crippen molar-refractivity contribution < 1.29 is 18.7 Å². The monoisotopic (exact) mass is 565 g/mol. The largest absolute Gasteiger partial charge is 0.455 e. The molecule has 0 spiro atoms. The molecule has 4 aromatic rings. The van der Waals surface area contributed by atoms with E-state index in [1.54, 1.807) is 53.3 Å². The second-order valence-electron chi connectivity index (χ2n) is 10.2. The van der Waals surface area contributed by atoms with Gasteiger partial charge >= 0.3 is 6.03 Å². The van der Waals surface area contributed by atoms with Crippen LogP contribution in [-0.4, -0.2) is 41.3 Å². The summed E-state index contributed by atoms with van der Waals surface area (Å²) in [5.41, 5.74) is 1.89. The molecule has 208 valence electrons. The molecule has 1 aliphatic rings. The van der Waals surface area contributed by atoms with Gasteiger partial charge in [0.25, 0.3) is 0 Å². The van der Waals surface area contributed by atoms with Crippen molar-refractivity contribution in [3.63, 3.8) is 0 Å². The van der Waals surface area contributed by atoms with Gasteiger partial charge in [-0.15, -0.1) is 0 Å². The van der Waals surface area contributed by atoms with Crippen LogP contribution in [0.5, 0.6) is 11.5 Å². The highest BCUT2D eigenvalue weighted by Gasteiger charge is 2.22. The Bertz CT molecular complexity index is 1540. The van der Waals surface area contributed by atoms with Gasteiger partial charge in [0, 0.05) is 41.9 Å². The lowest BCUT2D eigenvalue weighted by molar-refractivity contribution is 0.159. The number of hydrogen-bond donors (Lipinski definition) is 3. The fourth-order valence-electron chi connectivity index (χ4n) is 4.06. The molecule has 0 unspecified atom stereocenters. The predicted octanol–water partition coefficient (Wildman–Crippen LogP) is 6.59. The van der Waals surface area contributed by atoms with Crippen LogP contribution in [0.25, 0.3) is 5.69 Å². The molecule has 3 N–H and O–H groups in total. The average molecular weight is 566 g/mol. The number of pyridine rings is 1. The molecule has 2 aromatic carbocycles. The van der Waals surface area contributed by atoms with Gasteiger partial charge in [-0.25, -0.2) is 18.9 Å². The fraction of sp³-hybridized carbons (Fsp3) is 0.250. The number of hydrogen-bond acceptors (Lipinski definition) is 7. The van der Waals surface area contributed by atoms with Gasteiger partial charge in [-0.3, -0.25) is 5.32 Å². The number of halogens is 2. The van der Waals surface area contributed by atoms with E-state index in [1.165, 1.54) is 12.1 Å². The first-order valence-electron chi connectivity index (χ1n) is 12.5. The van der Waals surface area contributed by atoms with Gasteiger partial charge in [0.2, 0.25) is 0 Å². The SMILES string of the molecule is CN1COCNc2nccc(Oc3ccc(NC(=O)Nc4cc(C(C)(C)C)nn4-c4ccc(Cl)cc4)c(F)c3)c21. The second kappa shape index (κ2) is 11.0. The molecule has 0 bridgehead atoms. The van der Waals surface area contributed by atoms with Crippen LogP contribution in [0.4, 0.5) is 32.2 Å². The first-order chi connectivity index (χ1) is 19.1. The molecule has 3 heterocycles. The van der Waals surface area contributed by atoms with Gasteiger partial charge in [0.1, 0.15) is 36.5 Å². The minimum atomic E-state index is -0.663. The first kappa shape index (κ1) is 27.2. The maximum Gasteiger partial charge on any atom is 0.324 e. The minimum Gasteiger partial charge on any atom is -0.455 e. The fourth-order valence-corrected chi connectivity index (χ4v) is 4.18. The minimum absolute atomic E-state index is 0.0146. The summed E-state index contributed by atoms with van der Waals surface area (Å²) in [6.07, 6.45) is 1.59. The number of rotatable bonds is 5. The highest BCUT2D eigenvalue weighted by atomic mass is 35.5. The molecule has 10 nitrogen and oxygen atoms in total. The lowest BCUT2D eigenvalue weighted by Gasteiger charge is -2.20. The number of amides is 2. The third-order valence-electron chi connectivity index (χ3n) is 6.10. The molecule has 0 saturated carbocycles. The summed E-state index contributed by atoms with van der Waals surface area (Å²) in [5, 5.41) is 13.7.